The number of nitrogens with zero attached hydrogens (tertiary/aromatic N) is 2. The Kier molecular flexibility index (Phi) is 4.16. The van der Waals surface area contributed by atoms with E-state index in [2.05, 4.69) is 9.69 Å². The predicted molar refractivity (Wildman–Crippen MR) is 74.4 cm³/mol. The van der Waals surface area contributed by atoms with Gasteiger partial charge in [-0.25, -0.2) is 11.4 Å². The Morgan fingerprint density at radius 2 is 1.74 bits per heavy atom. The van der Waals surface area contributed by atoms with Gasteiger partial charge in [-0.3, -0.25) is 0 Å². The Hall–Kier alpha value is -2.78. The van der Waals surface area contributed by atoms with Crippen molar-refractivity contribution in [3.8, 4) is 11.5 Å². The van der Waals surface area contributed by atoms with Gasteiger partial charge in [0.2, 0.25) is 6.54 Å². The standard InChI is InChI=1S/C16H12N2O/c1-17-11-10-13-6-8-15(9-7-13)19-16-5-3-4-14(12-16)18-2/h3-9,12H,10-11H2. The topological polar surface area (TPSA) is 17.9 Å². The van der Waals surface area contributed by atoms with E-state index in [-0.39, 0.29) is 0 Å². The molecule has 0 aliphatic carbocycles. The van der Waals surface area contributed by atoms with E-state index in [0.717, 1.165) is 17.7 Å². The zero-order chi connectivity index (χ0) is 13.5. The van der Waals surface area contributed by atoms with E-state index in [1.54, 1.807) is 18.2 Å². The minimum Gasteiger partial charge on any atom is -0.459 e. The van der Waals surface area contributed by atoms with Gasteiger partial charge in [-0.05, 0) is 29.8 Å². The van der Waals surface area contributed by atoms with Crippen LogP contribution in [0.4, 0.5) is 5.69 Å². The second-order valence-electron chi connectivity index (χ2n) is 3.99. The first-order valence-electron chi connectivity index (χ1n) is 5.89. The SMILES string of the molecule is [C-]#[N+]CCc1ccc(Oc2cccc([N+]#[C-])c2)cc1. The molecule has 0 radical (unpaired) electrons. The molecule has 0 aliphatic heterocycles. The van der Waals surface area contributed by atoms with Gasteiger partial charge in [0.15, 0.2) is 5.69 Å². The quantitative estimate of drug-likeness (QED) is 0.729. The molecular weight excluding hydrogens is 236 g/mol. The molecule has 92 valence electrons. The fourth-order valence-electron chi connectivity index (χ4n) is 1.66. The third kappa shape index (κ3) is 3.59. The van der Waals surface area contributed by atoms with Crippen LogP contribution in [-0.2, 0) is 6.42 Å². The minimum atomic E-state index is 0.507. The summed E-state index contributed by atoms with van der Waals surface area (Å²) in [5.74, 6) is 1.39. The van der Waals surface area contributed by atoms with Crippen molar-refractivity contribution < 1.29 is 4.74 Å². The van der Waals surface area contributed by atoms with E-state index in [1.807, 2.05) is 30.3 Å². The Morgan fingerprint density at radius 3 is 2.42 bits per heavy atom. The van der Waals surface area contributed by atoms with Crippen LogP contribution in [-0.4, -0.2) is 6.54 Å². The van der Waals surface area contributed by atoms with Gasteiger partial charge >= 0.3 is 0 Å². The van der Waals surface area contributed by atoms with Crippen LogP contribution in [0.25, 0.3) is 9.69 Å². The van der Waals surface area contributed by atoms with Crippen molar-refractivity contribution in [3.05, 3.63) is 76.9 Å². The maximum Gasteiger partial charge on any atom is 0.218 e. The second kappa shape index (κ2) is 6.23. The Balaban J connectivity index is 2.07. The van der Waals surface area contributed by atoms with Crippen molar-refractivity contribution >= 4 is 5.69 Å². The molecule has 0 saturated carbocycles. The van der Waals surface area contributed by atoms with Gasteiger partial charge in [0.1, 0.15) is 11.5 Å². The van der Waals surface area contributed by atoms with Crippen LogP contribution >= 0.6 is 0 Å². The van der Waals surface area contributed by atoms with Crippen LogP contribution in [0, 0.1) is 13.1 Å². The highest BCUT2D eigenvalue weighted by Gasteiger charge is 2.00. The largest absolute Gasteiger partial charge is 0.459 e. The second-order valence-corrected chi connectivity index (χ2v) is 3.99. The first-order valence-corrected chi connectivity index (χ1v) is 5.89. The monoisotopic (exact) mass is 248 g/mol. The maximum absolute atomic E-state index is 6.96. The first-order chi connectivity index (χ1) is 9.31. The van der Waals surface area contributed by atoms with Crippen LogP contribution in [0.5, 0.6) is 11.5 Å². The lowest BCUT2D eigenvalue weighted by molar-refractivity contribution is 0.483. The highest BCUT2D eigenvalue weighted by molar-refractivity contribution is 5.49. The summed E-state index contributed by atoms with van der Waals surface area (Å²) >= 11 is 0. The van der Waals surface area contributed by atoms with E-state index >= 15 is 0 Å². The molecule has 0 aromatic heterocycles. The van der Waals surface area contributed by atoms with E-state index in [4.69, 9.17) is 17.9 Å². The lowest BCUT2D eigenvalue weighted by Gasteiger charge is -2.06. The Labute approximate surface area is 112 Å². The maximum atomic E-state index is 6.96. The molecule has 2 aromatic rings. The molecule has 0 fully saturated rings. The normalized spacial score (nSPS) is 9.37. The highest BCUT2D eigenvalue weighted by Crippen LogP contribution is 2.25. The summed E-state index contributed by atoms with van der Waals surface area (Å²) in [4.78, 5) is 6.69. The van der Waals surface area contributed by atoms with Gasteiger partial charge in [-0.2, -0.15) is 0 Å². The van der Waals surface area contributed by atoms with Crippen molar-refractivity contribution in [2.24, 2.45) is 0 Å². The summed E-state index contributed by atoms with van der Waals surface area (Å²) in [6, 6.07) is 14.7. The molecule has 0 amide bonds. The molecule has 0 aliphatic rings. The lowest BCUT2D eigenvalue weighted by Crippen LogP contribution is -1.88. The Morgan fingerprint density at radius 1 is 0.947 bits per heavy atom. The van der Waals surface area contributed by atoms with Crippen molar-refractivity contribution in [2.75, 3.05) is 6.54 Å². The third-order valence-electron chi connectivity index (χ3n) is 2.62. The van der Waals surface area contributed by atoms with Crippen LogP contribution in [0.3, 0.4) is 0 Å². The van der Waals surface area contributed by atoms with Crippen LogP contribution in [0.2, 0.25) is 0 Å². The predicted octanol–water partition coefficient (Wildman–Crippen LogP) is 4.49. The Bertz CT molecular complexity index is 633. The van der Waals surface area contributed by atoms with Gasteiger partial charge in [-0.15, -0.1) is 0 Å². The summed E-state index contributed by atoms with van der Waals surface area (Å²) in [7, 11) is 0. The zero-order valence-corrected chi connectivity index (χ0v) is 10.3. The molecule has 2 rings (SSSR count). The highest BCUT2D eigenvalue weighted by atomic mass is 16.5. The molecule has 0 spiro atoms. The van der Waals surface area contributed by atoms with Crippen LogP contribution in [0.15, 0.2) is 48.5 Å². The average molecular weight is 248 g/mol. The number of hydrogen-bond acceptors (Lipinski definition) is 1. The summed E-state index contributed by atoms with van der Waals surface area (Å²) in [6.45, 7) is 14.2. The molecule has 0 unspecified atom stereocenters. The average Bonchev–Trinajstić information content (AvgIpc) is 2.47. The third-order valence-corrected chi connectivity index (χ3v) is 2.62. The van der Waals surface area contributed by atoms with E-state index in [1.165, 1.54) is 0 Å². The van der Waals surface area contributed by atoms with Crippen LogP contribution < -0.4 is 4.74 Å². The molecular formula is C16H12N2O. The van der Waals surface area contributed by atoms with E-state index in [0.29, 0.717) is 18.0 Å². The molecule has 3 nitrogen and oxygen atoms in total. The summed E-state index contributed by atoms with van der Waals surface area (Å²) < 4.78 is 5.68. The number of rotatable bonds is 4. The summed E-state index contributed by atoms with van der Waals surface area (Å²) in [6.07, 6.45) is 0.761. The fourth-order valence-corrected chi connectivity index (χ4v) is 1.66. The van der Waals surface area contributed by atoms with Crippen molar-refractivity contribution in [2.45, 2.75) is 6.42 Å². The number of ether oxygens (including phenoxy) is 1. The first kappa shape index (κ1) is 12.7. The number of hydrogen-bond donors (Lipinski definition) is 0. The van der Waals surface area contributed by atoms with Crippen LogP contribution in [0.1, 0.15) is 5.56 Å². The number of benzene rings is 2. The van der Waals surface area contributed by atoms with Gasteiger partial charge in [0.25, 0.3) is 0 Å². The summed E-state index contributed by atoms with van der Waals surface area (Å²) in [5, 5.41) is 0. The van der Waals surface area contributed by atoms with Gasteiger partial charge in [0, 0.05) is 6.42 Å². The summed E-state index contributed by atoms with van der Waals surface area (Å²) in [5.41, 5.74) is 1.68. The zero-order valence-electron chi connectivity index (χ0n) is 10.3. The molecule has 0 heterocycles. The van der Waals surface area contributed by atoms with Gasteiger partial charge in [-0.1, -0.05) is 24.3 Å². The smallest absolute Gasteiger partial charge is 0.218 e. The molecule has 2 aromatic carbocycles. The van der Waals surface area contributed by atoms with Crippen molar-refractivity contribution in [1.29, 1.82) is 0 Å². The lowest BCUT2D eigenvalue weighted by atomic mass is 10.1. The van der Waals surface area contributed by atoms with Gasteiger partial charge in [0.05, 0.1) is 6.57 Å². The minimum absolute atomic E-state index is 0.507. The molecule has 0 N–H and O–H groups in total. The van der Waals surface area contributed by atoms with Crippen molar-refractivity contribution in [1.82, 2.24) is 0 Å². The molecule has 19 heavy (non-hydrogen) atoms. The molecule has 0 saturated heterocycles. The molecule has 0 bridgehead atoms. The van der Waals surface area contributed by atoms with Gasteiger partial charge < -0.3 is 9.58 Å². The van der Waals surface area contributed by atoms with E-state index < -0.39 is 0 Å². The molecule has 0 atom stereocenters. The molecule has 3 heteroatoms. The van der Waals surface area contributed by atoms with Crippen molar-refractivity contribution in [3.63, 3.8) is 0 Å². The fraction of sp³-hybridized carbons (Fsp3) is 0.125. The van der Waals surface area contributed by atoms with E-state index in [9.17, 15) is 0 Å².